The lowest BCUT2D eigenvalue weighted by Crippen LogP contribution is -2.00. The van der Waals surface area contributed by atoms with Crippen molar-refractivity contribution in [1.29, 1.82) is 0 Å². The second kappa shape index (κ2) is 3.85. The van der Waals surface area contributed by atoms with Gasteiger partial charge >= 0.3 is 10.2 Å². The van der Waals surface area contributed by atoms with Crippen molar-refractivity contribution in [3.8, 4) is 0 Å². The van der Waals surface area contributed by atoms with E-state index >= 15 is 0 Å². The molecule has 0 unspecified atom stereocenters. The molecule has 0 aliphatic heterocycles. The molecule has 6 heteroatoms. The molecule has 68 valence electrons. The zero-order valence-electron chi connectivity index (χ0n) is 5.96. The summed E-state index contributed by atoms with van der Waals surface area (Å²) >= 11 is 4.68. The van der Waals surface area contributed by atoms with E-state index in [4.69, 9.17) is 0 Å². The van der Waals surface area contributed by atoms with Gasteiger partial charge in [-0.1, -0.05) is 0 Å². The van der Waals surface area contributed by atoms with Crippen LogP contribution in [0.25, 0.3) is 0 Å². The number of rotatable bonds is 3. The molecule has 0 atom stereocenters. The molecule has 1 aromatic heterocycles. The van der Waals surface area contributed by atoms with Gasteiger partial charge in [0.1, 0.15) is 0 Å². The summed E-state index contributed by atoms with van der Waals surface area (Å²) in [6.07, 6.45) is 0.237. The summed E-state index contributed by atoms with van der Waals surface area (Å²) in [5.74, 6) is -0.434. The standard InChI is InChI=1S/C6H6BrFO2S2/c7-6-3-5(4-11-6)1-2-12(8,9)10/h3-4H,1-2H2. The minimum absolute atomic E-state index is 0.237. The van der Waals surface area contributed by atoms with Crippen molar-refractivity contribution in [3.63, 3.8) is 0 Å². The number of thiophene rings is 1. The predicted molar refractivity (Wildman–Crippen MR) is 50.6 cm³/mol. The maximum Gasteiger partial charge on any atom is 0.302 e. The molecule has 0 fully saturated rings. The molecule has 0 aliphatic carbocycles. The van der Waals surface area contributed by atoms with Crippen molar-refractivity contribution in [2.75, 3.05) is 5.75 Å². The fraction of sp³-hybridized carbons (Fsp3) is 0.333. The first kappa shape index (κ1) is 10.1. The summed E-state index contributed by atoms with van der Waals surface area (Å²) < 4.78 is 33.2. The van der Waals surface area contributed by atoms with Crippen LogP contribution in [0.4, 0.5) is 3.89 Å². The van der Waals surface area contributed by atoms with E-state index in [2.05, 4.69) is 15.9 Å². The van der Waals surface area contributed by atoms with E-state index in [-0.39, 0.29) is 6.42 Å². The van der Waals surface area contributed by atoms with E-state index < -0.39 is 16.0 Å². The summed E-state index contributed by atoms with van der Waals surface area (Å²) in [6.45, 7) is 0. The number of hydrogen-bond donors (Lipinski definition) is 0. The maximum atomic E-state index is 12.0. The minimum Gasteiger partial charge on any atom is -0.195 e. The normalized spacial score (nSPS) is 11.8. The Morgan fingerprint density at radius 3 is 2.67 bits per heavy atom. The fourth-order valence-corrected chi connectivity index (χ4v) is 2.44. The lowest BCUT2D eigenvalue weighted by Gasteiger charge is -1.91. The highest BCUT2D eigenvalue weighted by Crippen LogP contribution is 2.21. The van der Waals surface area contributed by atoms with Crippen LogP contribution in [0.2, 0.25) is 0 Å². The zero-order chi connectivity index (χ0) is 9.19. The predicted octanol–water partition coefficient (Wildman–Crippen LogP) is 2.35. The van der Waals surface area contributed by atoms with Crippen molar-refractivity contribution in [2.45, 2.75) is 6.42 Å². The zero-order valence-corrected chi connectivity index (χ0v) is 9.18. The summed E-state index contributed by atoms with van der Waals surface area (Å²) in [7, 11) is -4.32. The summed E-state index contributed by atoms with van der Waals surface area (Å²) in [4.78, 5) is 0. The van der Waals surface area contributed by atoms with Gasteiger partial charge in [-0.05, 0) is 39.4 Å². The molecule has 12 heavy (non-hydrogen) atoms. The lowest BCUT2D eigenvalue weighted by molar-refractivity contribution is 0.551. The lowest BCUT2D eigenvalue weighted by atomic mass is 10.3. The molecule has 0 saturated heterocycles. The van der Waals surface area contributed by atoms with Crippen molar-refractivity contribution < 1.29 is 12.3 Å². The van der Waals surface area contributed by atoms with E-state index in [0.717, 1.165) is 9.35 Å². The Morgan fingerprint density at radius 1 is 1.58 bits per heavy atom. The van der Waals surface area contributed by atoms with Crippen LogP contribution in [-0.4, -0.2) is 14.2 Å². The smallest absolute Gasteiger partial charge is 0.195 e. The molecular weight excluding hydrogens is 267 g/mol. The second-order valence-corrected chi connectivity index (χ2v) is 6.03. The molecule has 0 saturated carbocycles. The number of hydrogen-bond acceptors (Lipinski definition) is 3. The largest absolute Gasteiger partial charge is 0.302 e. The van der Waals surface area contributed by atoms with Gasteiger partial charge in [0, 0.05) is 0 Å². The van der Waals surface area contributed by atoms with Crippen LogP contribution in [0.15, 0.2) is 15.2 Å². The Balaban J connectivity index is 2.55. The Kier molecular flexibility index (Phi) is 3.25. The third kappa shape index (κ3) is 3.64. The first-order valence-corrected chi connectivity index (χ1v) is 6.35. The monoisotopic (exact) mass is 272 g/mol. The molecule has 0 spiro atoms. The van der Waals surface area contributed by atoms with Crippen molar-refractivity contribution in [3.05, 3.63) is 20.8 Å². The molecular formula is C6H6BrFO2S2. The van der Waals surface area contributed by atoms with Crippen LogP contribution >= 0.6 is 27.3 Å². The third-order valence-electron chi connectivity index (χ3n) is 1.26. The summed E-state index contributed by atoms with van der Waals surface area (Å²) in [6, 6.07) is 1.79. The number of aryl methyl sites for hydroxylation is 1. The fourth-order valence-electron chi connectivity index (χ4n) is 0.717. The van der Waals surface area contributed by atoms with Crippen LogP contribution in [0.3, 0.4) is 0 Å². The second-order valence-electron chi connectivity index (χ2n) is 2.25. The molecule has 0 aliphatic rings. The highest BCUT2D eigenvalue weighted by molar-refractivity contribution is 9.11. The van der Waals surface area contributed by atoms with Gasteiger partial charge in [-0.25, -0.2) is 0 Å². The molecule has 0 aromatic carbocycles. The number of halogens is 2. The summed E-state index contributed by atoms with van der Waals surface area (Å²) in [5.41, 5.74) is 0.841. The van der Waals surface area contributed by atoms with Crippen molar-refractivity contribution in [2.24, 2.45) is 0 Å². The highest BCUT2D eigenvalue weighted by atomic mass is 79.9. The van der Waals surface area contributed by atoms with E-state index in [1.165, 1.54) is 11.3 Å². The van der Waals surface area contributed by atoms with Gasteiger partial charge in [-0.2, -0.15) is 8.42 Å². The highest BCUT2D eigenvalue weighted by Gasteiger charge is 2.07. The van der Waals surface area contributed by atoms with E-state index in [0.29, 0.717) is 0 Å². The summed E-state index contributed by atoms with van der Waals surface area (Å²) in [5, 5.41) is 1.80. The van der Waals surface area contributed by atoms with Gasteiger partial charge in [0.25, 0.3) is 0 Å². The maximum absolute atomic E-state index is 12.0. The van der Waals surface area contributed by atoms with Gasteiger partial charge in [-0.3, -0.25) is 0 Å². The molecule has 0 bridgehead atoms. The van der Waals surface area contributed by atoms with Crippen LogP contribution in [0.1, 0.15) is 5.56 Å². The Morgan fingerprint density at radius 2 is 2.25 bits per heavy atom. The molecule has 0 radical (unpaired) electrons. The third-order valence-corrected chi connectivity index (χ3v) is 3.50. The first-order valence-electron chi connectivity index (χ1n) is 3.12. The average Bonchev–Trinajstić information content (AvgIpc) is 2.30. The molecule has 0 amide bonds. The van der Waals surface area contributed by atoms with Crippen LogP contribution in [0, 0.1) is 0 Å². The van der Waals surface area contributed by atoms with Crippen molar-refractivity contribution >= 4 is 37.5 Å². The molecule has 1 rings (SSSR count). The molecule has 0 N–H and O–H groups in total. The molecule has 1 aromatic rings. The Bertz CT molecular complexity index is 357. The van der Waals surface area contributed by atoms with Gasteiger partial charge in [-0.15, -0.1) is 15.2 Å². The topological polar surface area (TPSA) is 34.1 Å². The SMILES string of the molecule is O=S(=O)(F)CCc1csc(Br)c1. The van der Waals surface area contributed by atoms with Crippen molar-refractivity contribution in [1.82, 2.24) is 0 Å². The minimum atomic E-state index is -4.32. The van der Waals surface area contributed by atoms with Gasteiger partial charge in [0.15, 0.2) is 0 Å². The van der Waals surface area contributed by atoms with Gasteiger partial charge in [0.2, 0.25) is 0 Å². The van der Waals surface area contributed by atoms with Crippen LogP contribution in [0.5, 0.6) is 0 Å². The van der Waals surface area contributed by atoms with Crippen LogP contribution in [-0.2, 0) is 16.6 Å². The Labute approximate surface area is 82.8 Å². The van der Waals surface area contributed by atoms with Gasteiger partial charge < -0.3 is 0 Å². The van der Waals surface area contributed by atoms with Crippen LogP contribution < -0.4 is 0 Å². The first-order chi connectivity index (χ1) is 5.47. The molecule has 2 nitrogen and oxygen atoms in total. The van der Waals surface area contributed by atoms with E-state index in [9.17, 15) is 12.3 Å². The van der Waals surface area contributed by atoms with E-state index in [1.807, 2.05) is 0 Å². The van der Waals surface area contributed by atoms with E-state index in [1.54, 1.807) is 11.4 Å². The Hall–Kier alpha value is 0.0600. The average molecular weight is 273 g/mol. The molecule has 1 heterocycles. The van der Waals surface area contributed by atoms with Gasteiger partial charge in [0.05, 0.1) is 9.54 Å². The quantitative estimate of drug-likeness (QED) is 0.792.